The van der Waals surface area contributed by atoms with Crippen molar-refractivity contribution in [2.75, 3.05) is 0 Å². The summed E-state index contributed by atoms with van der Waals surface area (Å²) in [7, 11) is 0. The highest BCUT2D eigenvalue weighted by Gasteiger charge is 2.17. The minimum Gasteiger partial charge on any atom is -0.480 e. The molecule has 2 N–H and O–H groups in total. The lowest BCUT2D eigenvalue weighted by Gasteiger charge is -2.10. The van der Waals surface area contributed by atoms with E-state index in [-0.39, 0.29) is 10.6 Å². The van der Waals surface area contributed by atoms with Gasteiger partial charge < -0.3 is 10.4 Å². The van der Waals surface area contributed by atoms with Gasteiger partial charge in [0.05, 0.1) is 10.6 Å². The van der Waals surface area contributed by atoms with Crippen molar-refractivity contribution in [3.05, 3.63) is 34.6 Å². The zero-order valence-corrected chi connectivity index (χ0v) is 9.08. The molecule has 0 saturated heterocycles. The predicted molar refractivity (Wildman–Crippen MR) is 56.0 cm³/mol. The second-order valence-electron chi connectivity index (χ2n) is 3.16. The predicted octanol–water partition coefficient (Wildman–Crippen LogP) is 1.68. The number of carboxylic acid groups (broad SMARTS) is 1. The lowest BCUT2D eigenvalue weighted by atomic mass is 10.2. The third-order valence-corrected chi connectivity index (χ3v) is 2.21. The summed E-state index contributed by atoms with van der Waals surface area (Å²) in [5.74, 6) is -2.38. The number of rotatable bonds is 3. The molecule has 16 heavy (non-hydrogen) atoms. The molecule has 6 heteroatoms. The molecule has 1 aromatic carbocycles. The number of carboxylic acids is 1. The second kappa shape index (κ2) is 4.94. The van der Waals surface area contributed by atoms with Crippen LogP contribution >= 0.6 is 11.6 Å². The van der Waals surface area contributed by atoms with Crippen LogP contribution in [0.25, 0.3) is 0 Å². The molecule has 1 aromatic rings. The molecule has 0 aliphatic heterocycles. The van der Waals surface area contributed by atoms with Crippen molar-refractivity contribution >= 4 is 23.5 Å². The molecule has 0 bridgehead atoms. The maximum absolute atomic E-state index is 12.7. The normalized spacial score (nSPS) is 11.9. The standard InChI is InChI=1S/C10H9ClFNO3/c1-5(10(15)16)13-9(14)7-3-2-6(12)4-8(7)11/h2-5H,1H3,(H,13,14)(H,15,16)/t5-/m0/s1. The van der Waals surface area contributed by atoms with Crippen LogP contribution in [0, 0.1) is 5.82 Å². The number of hydrogen-bond donors (Lipinski definition) is 2. The number of halogens is 2. The van der Waals surface area contributed by atoms with Crippen LogP contribution in [-0.4, -0.2) is 23.0 Å². The Morgan fingerprint density at radius 2 is 2.12 bits per heavy atom. The average molecular weight is 246 g/mol. The van der Waals surface area contributed by atoms with Crippen molar-refractivity contribution in [1.82, 2.24) is 5.32 Å². The Balaban J connectivity index is 2.85. The summed E-state index contributed by atoms with van der Waals surface area (Å²) >= 11 is 5.64. The fourth-order valence-electron chi connectivity index (χ4n) is 1.01. The smallest absolute Gasteiger partial charge is 0.325 e. The number of amides is 1. The van der Waals surface area contributed by atoms with Gasteiger partial charge in [-0.2, -0.15) is 0 Å². The number of hydrogen-bond acceptors (Lipinski definition) is 2. The van der Waals surface area contributed by atoms with Gasteiger partial charge in [-0.15, -0.1) is 0 Å². The zero-order chi connectivity index (χ0) is 12.3. The highest BCUT2D eigenvalue weighted by atomic mass is 35.5. The van der Waals surface area contributed by atoms with Gasteiger partial charge in [-0.25, -0.2) is 4.39 Å². The topological polar surface area (TPSA) is 66.4 Å². The van der Waals surface area contributed by atoms with Crippen LogP contribution < -0.4 is 5.32 Å². The van der Waals surface area contributed by atoms with Crippen molar-refractivity contribution in [2.45, 2.75) is 13.0 Å². The SMILES string of the molecule is C[C@H](NC(=O)c1ccc(F)cc1Cl)C(=O)O. The molecule has 0 aliphatic rings. The molecule has 0 fully saturated rings. The number of nitrogens with one attached hydrogen (secondary N) is 1. The molecule has 0 aliphatic carbocycles. The van der Waals surface area contributed by atoms with E-state index >= 15 is 0 Å². The van der Waals surface area contributed by atoms with Crippen LogP contribution in [0.1, 0.15) is 17.3 Å². The van der Waals surface area contributed by atoms with Gasteiger partial charge in [0.25, 0.3) is 5.91 Å². The van der Waals surface area contributed by atoms with Gasteiger partial charge in [0.1, 0.15) is 11.9 Å². The monoisotopic (exact) mass is 245 g/mol. The highest BCUT2D eigenvalue weighted by molar-refractivity contribution is 6.33. The van der Waals surface area contributed by atoms with E-state index in [0.29, 0.717) is 0 Å². The summed E-state index contributed by atoms with van der Waals surface area (Å²) in [6, 6.07) is 2.23. The number of carbonyl (C=O) groups is 2. The van der Waals surface area contributed by atoms with Crippen LogP contribution in [0.2, 0.25) is 5.02 Å². The lowest BCUT2D eigenvalue weighted by Crippen LogP contribution is -2.38. The zero-order valence-electron chi connectivity index (χ0n) is 8.33. The van der Waals surface area contributed by atoms with Gasteiger partial charge in [0.2, 0.25) is 0 Å². The van der Waals surface area contributed by atoms with Crippen molar-refractivity contribution in [3.63, 3.8) is 0 Å². The van der Waals surface area contributed by atoms with Gasteiger partial charge in [-0.1, -0.05) is 11.6 Å². The molecule has 1 atom stereocenters. The Morgan fingerprint density at radius 1 is 1.50 bits per heavy atom. The fraction of sp³-hybridized carbons (Fsp3) is 0.200. The van der Waals surface area contributed by atoms with Crippen molar-refractivity contribution in [2.24, 2.45) is 0 Å². The summed E-state index contributed by atoms with van der Waals surface area (Å²) in [5, 5.41) is 10.7. The van der Waals surface area contributed by atoms with E-state index in [1.165, 1.54) is 13.0 Å². The van der Waals surface area contributed by atoms with E-state index in [9.17, 15) is 14.0 Å². The van der Waals surface area contributed by atoms with Crippen LogP contribution in [0.5, 0.6) is 0 Å². The Bertz CT molecular complexity index is 436. The van der Waals surface area contributed by atoms with Crippen molar-refractivity contribution < 1.29 is 19.1 Å². The molecule has 86 valence electrons. The first-order valence-electron chi connectivity index (χ1n) is 4.40. The van der Waals surface area contributed by atoms with Gasteiger partial charge in [0.15, 0.2) is 0 Å². The molecule has 1 amide bonds. The lowest BCUT2D eigenvalue weighted by molar-refractivity contribution is -0.138. The Kier molecular flexibility index (Phi) is 3.84. The van der Waals surface area contributed by atoms with Gasteiger partial charge >= 0.3 is 5.97 Å². The molecule has 0 heterocycles. The molecule has 1 rings (SSSR count). The summed E-state index contributed by atoms with van der Waals surface area (Å²) in [4.78, 5) is 22.0. The molecular formula is C10H9ClFNO3. The first kappa shape index (κ1) is 12.4. The quantitative estimate of drug-likeness (QED) is 0.852. The third kappa shape index (κ3) is 2.93. The maximum atomic E-state index is 12.7. The van der Waals surface area contributed by atoms with Crippen LogP contribution in [-0.2, 0) is 4.79 Å². The minimum atomic E-state index is -1.16. The first-order valence-corrected chi connectivity index (χ1v) is 4.78. The highest BCUT2D eigenvalue weighted by Crippen LogP contribution is 2.17. The van der Waals surface area contributed by atoms with Gasteiger partial charge in [0, 0.05) is 0 Å². The first-order chi connectivity index (χ1) is 7.41. The number of benzene rings is 1. The fourth-order valence-corrected chi connectivity index (χ4v) is 1.26. The third-order valence-electron chi connectivity index (χ3n) is 1.89. The maximum Gasteiger partial charge on any atom is 0.325 e. The molecular weight excluding hydrogens is 237 g/mol. The molecule has 0 aromatic heterocycles. The molecule has 0 radical (unpaired) electrons. The van der Waals surface area contributed by atoms with E-state index in [1.54, 1.807) is 0 Å². The van der Waals surface area contributed by atoms with Crippen LogP contribution in [0.3, 0.4) is 0 Å². The second-order valence-corrected chi connectivity index (χ2v) is 3.56. The van der Waals surface area contributed by atoms with E-state index in [4.69, 9.17) is 16.7 Å². The Labute approximate surface area is 96.0 Å². The average Bonchev–Trinajstić information content (AvgIpc) is 2.16. The number of carbonyl (C=O) groups excluding carboxylic acids is 1. The van der Waals surface area contributed by atoms with E-state index in [2.05, 4.69) is 5.32 Å². The van der Waals surface area contributed by atoms with Crippen LogP contribution in [0.4, 0.5) is 4.39 Å². The van der Waals surface area contributed by atoms with E-state index in [1.807, 2.05) is 0 Å². The van der Waals surface area contributed by atoms with Crippen molar-refractivity contribution in [3.8, 4) is 0 Å². The largest absolute Gasteiger partial charge is 0.480 e. The summed E-state index contributed by atoms with van der Waals surface area (Å²) < 4.78 is 12.7. The Hall–Kier alpha value is -1.62. The summed E-state index contributed by atoms with van der Waals surface area (Å²) in [6.45, 7) is 1.32. The molecule has 0 saturated carbocycles. The molecule has 0 unspecified atom stereocenters. The van der Waals surface area contributed by atoms with Gasteiger partial charge in [-0.05, 0) is 25.1 Å². The van der Waals surface area contributed by atoms with Crippen LogP contribution in [0.15, 0.2) is 18.2 Å². The van der Waals surface area contributed by atoms with Gasteiger partial charge in [-0.3, -0.25) is 9.59 Å². The summed E-state index contributed by atoms with van der Waals surface area (Å²) in [5.41, 5.74) is 0.0381. The van der Waals surface area contributed by atoms with E-state index < -0.39 is 23.7 Å². The number of aliphatic carboxylic acids is 1. The van der Waals surface area contributed by atoms with Crippen molar-refractivity contribution in [1.29, 1.82) is 0 Å². The molecule has 4 nitrogen and oxygen atoms in total. The summed E-state index contributed by atoms with van der Waals surface area (Å²) in [6.07, 6.45) is 0. The van der Waals surface area contributed by atoms with E-state index in [0.717, 1.165) is 12.1 Å². The Morgan fingerprint density at radius 3 is 2.62 bits per heavy atom. The molecule has 0 spiro atoms. The minimum absolute atomic E-state index is 0.0381.